The van der Waals surface area contributed by atoms with Gasteiger partial charge in [0, 0.05) is 18.0 Å². The molecule has 0 aliphatic carbocycles. The molecule has 1 amide bonds. The molecule has 1 heterocycles. The van der Waals surface area contributed by atoms with Gasteiger partial charge in [-0.05, 0) is 30.7 Å². The molecule has 0 saturated heterocycles. The summed E-state index contributed by atoms with van der Waals surface area (Å²) in [7, 11) is -3.66. The molecule has 124 valence electrons. The Hall–Kier alpha value is -1.55. The lowest BCUT2D eigenvalue weighted by atomic mass is 10.4. The molecule has 0 atom stereocenters. The quantitative estimate of drug-likeness (QED) is 0.772. The fourth-order valence-electron chi connectivity index (χ4n) is 1.62. The van der Waals surface area contributed by atoms with E-state index in [1.807, 2.05) is 6.92 Å². The van der Waals surface area contributed by atoms with Crippen molar-refractivity contribution in [2.45, 2.75) is 24.7 Å². The summed E-state index contributed by atoms with van der Waals surface area (Å²) in [5.41, 5.74) is 0. The van der Waals surface area contributed by atoms with Crippen LogP contribution in [0.4, 0.5) is 5.13 Å². The summed E-state index contributed by atoms with van der Waals surface area (Å²) >= 11 is 7.01. The van der Waals surface area contributed by atoms with Gasteiger partial charge < -0.3 is 5.32 Å². The highest BCUT2D eigenvalue weighted by molar-refractivity contribution is 7.89. The SMILES string of the molecule is CCc1nnc(NC(=O)CCNS(=O)(=O)c2ccc(Cl)cc2)s1. The van der Waals surface area contributed by atoms with Crippen LogP contribution in [0.2, 0.25) is 5.02 Å². The lowest BCUT2D eigenvalue weighted by Crippen LogP contribution is -2.27. The molecular formula is C13H15ClN4O3S2. The van der Waals surface area contributed by atoms with Gasteiger partial charge in [-0.3, -0.25) is 4.79 Å². The Labute approximate surface area is 143 Å². The molecule has 10 heteroatoms. The van der Waals surface area contributed by atoms with Crippen molar-refractivity contribution in [1.29, 1.82) is 0 Å². The van der Waals surface area contributed by atoms with E-state index < -0.39 is 10.0 Å². The van der Waals surface area contributed by atoms with Crippen LogP contribution in [0.5, 0.6) is 0 Å². The second-order valence-electron chi connectivity index (χ2n) is 4.50. The smallest absolute Gasteiger partial charge is 0.240 e. The number of nitrogens with one attached hydrogen (secondary N) is 2. The Balaban J connectivity index is 1.83. The van der Waals surface area contributed by atoms with E-state index in [1.54, 1.807) is 0 Å². The Morgan fingerprint density at radius 1 is 1.26 bits per heavy atom. The first-order valence-electron chi connectivity index (χ1n) is 6.78. The molecule has 2 N–H and O–H groups in total. The topological polar surface area (TPSA) is 101 Å². The van der Waals surface area contributed by atoms with Gasteiger partial charge in [0.15, 0.2) is 0 Å². The number of hydrogen-bond acceptors (Lipinski definition) is 6. The summed E-state index contributed by atoms with van der Waals surface area (Å²) in [5, 5.41) is 12.0. The van der Waals surface area contributed by atoms with Crippen LogP contribution in [-0.2, 0) is 21.2 Å². The van der Waals surface area contributed by atoms with Crippen LogP contribution in [-0.4, -0.2) is 31.1 Å². The van der Waals surface area contributed by atoms with E-state index in [-0.39, 0.29) is 23.8 Å². The first-order chi connectivity index (χ1) is 10.9. The average molecular weight is 375 g/mol. The van der Waals surface area contributed by atoms with Gasteiger partial charge in [-0.15, -0.1) is 10.2 Å². The van der Waals surface area contributed by atoms with E-state index in [9.17, 15) is 13.2 Å². The number of nitrogens with zero attached hydrogens (tertiary/aromatic N) is 2. The summed E-state index contributed by atoms with van der Waals surface area (Å²) in [6.45, 7) is 1.92. The summed E-state index contributed by atoms with van der Waals surface area (Å²) in [6.07, 6.45) is 0.738. The molecule has 1 aromatic heterocycles. The van der Waals surface area contributed by atoms with Crippen molar-refractivity contribution in [2.24, 2.45) is 0 Å². The molecule has 0 saturated carbocycles. The third-order valence-corrected chi connectivity index (χ3v) is 5.50. The Bertz CT molecular complexity index is 775. The predicted molar refractivity (Wildman–Crippen MR) is 89.2 cm³/mol. The number of anilines is 1. The normalized spacial score (nSPS) is 11.4. The first-order valence-corrected chi connectivity index (χ1v) is 9.46. The van der Waals surface area contributed by atoms with E-state index >= 15 is 0 Å². The molecule has 0 spiro atoms. The second kappa shape index (κ2) is 7.82. The van der Waals surface area contributed by atoms with Crippen LogP contribution in [0.3, 0.4) is 0 Å². The Morgan fingerprint density at radius 3 is 2.57 bits per heavy atom. The average Bonchev–Trinajstić information content (AvgIpc) is 2.95. The summed E-state index contributed by atoms with van der Waals surface area (Å²) in [6, 6.07) is 5.78. The van der Waals surface area contributed by atoms with Gasteiger partial charge in [-0.25, -0.2) is 13.1 Å². The number of sulfonamides is 1. The van der Waals surface area contributed by atoms with Gasteiger partial charge in [0.25, 0.3) is 0 Å². The Kier molecular flexibility index (Phi) is 6.05. The molecule has 0 fully saturated rings. The standard InChI is InChI=1S/C13H15ClN4O3S2/c1-2-12-17-18-13(22-12)16-11(19)7-8-15-23(20,21)10-5-3-9(14)4-6-10/h3-6,15H,2,7-8H2,1H3,(H,16,18,19). The maximum atomic E-state index is 12.0. The fourth-order valence-corrected chi connectivity index (χ4v) is 3.48. The van der Waals surface area contributed by atoms with Gasteiger partial charge in [0.2, 0.25) is 21.1 Å². The highest BCUT2D eigenvalue weighted by atomic mass is 35.5. The molecular weight excluding hydrogens is 360 g/mol. The van der Waals surface area contributed by atoms with Crippen LogP contribution in [0.1, 0.15) is 18.4 Å². The number of benzene rings is 1. The van der Waals surface area contributed by atoms with Gasteiger partial charge in [0.05, 0.1) is 4.90 Å². The minimum absolute atomic E-state index is 0.00609. The van der Waals surface area contributed by atoms with Crippen LogP contribution in [0.15, 0.2) is 29.2 Å². The van der Waals surface area contributed by atoms with Crippen molar-refractivity contribution in [2.75, 3.05) is 11.9 Å². The number of aromatic nitrogens is 2. The zero-order chi connectivity index (χ0) is 16.9. The van der Waals surface area contributed by atoms with E-state index in [4.69, 9.17) is 11.6 Å². The molecule has 2 rings (SSSR count). The molecule has 0 bridgehead atoms. The Morgan fingerprint density at radius 2 is 1.96 bits per heavy atom. The van der Waals surface area contributed by atoms with E-state index in [0.29, 0.717) is 10.2 Å². The van der Waals surface area contributed by atoms with Crippen molar-refractivity contribution >= 4 is 44.0 Å². The van der Waals surface area contributed by atoms with Crippen molar-refractivity contribution in [3.8, 4) is 0 Å². The van der Waals surface area contributed by atoms with Gasteiger partial charge in [0.1, 0.15) is 5.01 Å². The number of hydrogen-bond donors (Lipinski definition) is 2. The van der Waals surface area contributed by atoms with Crippen LogP contribution in [0.25, 0.3) is 0 Å². The van der Waals surface area contributed by atoms with Gasteiger partial charge in [-0.2, -0.15) is 0 Å². The monoisotopic (exact) mass is 374 g/mol. The third-order valence-electron chi connectivity index (χ3n) is 2.78. The molecule has 0 radical (unpaired) electrons. The third kappa shape index (κ3) is 5.24. The summed E-state index contributed by atoms with van der Waals surface area (Å²) < 4.78 is 26.4. The summed E-state index contributed by atoms with van der Waals surface area (Å²) in [4.78, 5) is 11.8. The number of aryl methyl sites for hydroxylation is 1. The largest absolute Gasteiger partial charge is 0.300 e. The molecule has 1 aromatic carbocycles. The molecule has 0 aliphatic heterocycles. The summed E-state index contributed by atoms with van der Waals surface area (Å²) in [5.74, 6) is -0.331. The highest BCUT2D eigenvalue weighted by Crippen LogP contribution is 2.16. The zero-order valence-electron chi connectivity index (χ0n) is 12.2. The molecule has 7 nitrogen and oxygen atoms in total. The van der Waals surface area contributed by atoms with Crippen LogP contribution in [0, 0.1) is 0 Å². The number of amides is 1. The fraction of sp³-hybridized carbons (Fsp3) is 0.308. The molecule has 23 heavy (non-hydrogen) atoms. The minimum Gasteiger partial charge on any atom is -0.300 e. The molecule has 0 aliphatic rings. The van der Waals surface area contributed by atoms with Crippen molar-refractivity contribution in [3.05, 3.63) is 34.3 Å². The number of rotatable bonds is 7. The number of halogens is 1. The molecule has 2 aromatic rings. The highest BCUT2D eigenvalue weighted by Gasteiger charge is 2.14. The number of carbonyl (C=O) groups is 1. The lowest BCUT2D eigenvalue weighted by Gasteiger charge is -2.06. The van der Waals surface area contributed by atoms with Crippen molar-refractivity contribution < 1.29 is 13.2 Å². The van der Waals surface area contributed by atoms with E-state index in [0.717, 1.165) is 11.4 Å². The van der Waals surface area contributed by atoms with E-state index in [2.05, 4.69) is 20.2 Å². The van der Waals surface area contributed by atoms with Crippen LogP contribution >= 0.6 is 22.9 Å². The van der Waals surface area contributed by atoms with Gasteiger partial charge in [-0.1, -0.05) is 29.9 Å². The minimum atomic E-state index is -3.66. The second-order valence-corrected chi connectivity index (χ2v) is 7.77. The van der Waals surface area contributed by atoms with Crippen LogP contribution < -0.4 is 10.0 Å². The maximum absolute atomic E-state index is 12.0. The predicted octanol–water partition coefficient (Wildman–Crippen LogP) is 2.06. The maximum Gasteiger partial charge on any atom is 0.240 e. The van der Waals surface area contributed by atoms with Crippen molar-refractivity contribution in [3.63, 3.8) is 0 Å². The zero-order valence-corrected chi connectivity index (χ0v) is 14.6. The van der Waals surface area contributed by atoms with Crippen molar-refractivity contribution in [1.82, 2.24) is 14.9 Å². The van der Waals surface area contributed by atoms with E-state index in [1.165, 1.54) is 35.6 Å². The lowest BCUT2D eigenvalue weighted by molar-refractivity contribution is -0.116. The first kappa shape index (κ1) is 17.8. The van der Waals surface area contributed by atoms with Gasteiger partial charge >= 0.3 is 0 Å². The molecule has 0 unspecified atom stereocenters. The number of carbonyl (C=O) groups excluding carboxylic acids is 1.